The Labute approximate surface area is 207 Å². The van der Waals surface area contributed by atoms with Crippen LogP contribution in [0.25, 0.3) is 5.57 Å². The Bertz CT molecular complexity index is 1270. The molecule has 0 atom stereocenters. The van der Waals surface area contributed by atoms with Crippen molar-refractivity contribution in [2.45, 2.75) is 46.5 Å². The van der Waals surface area contributed by atoms with Gasteiger partial charge in [-0.25, -0.2) is 4.90 Å². The van der Waals surface area contributed by atoms with Gasteiger partial charge in [0.15, 0.2) is 0 Å². The van der Waals surface area contributed by atoms with Crippen molar-refractivity contribution in [3.8, 4) is 5.75 Å². The molecule has 1 heterocycles. The summed E-state index contributed by atoms with van der Waals surface area (Å²) in [6, 6.07) is 22.7. The van der Waals surface area contributed by atoms with Crippen LogP contribution in [0.15, 0.2) is 78.5 Å². The predicted octanol–water partition coefficient (Wildman–Crippen LogP) is 6.48. The normalized spacial score (nSPS) is 14.0. The largest absolute Gasteiger partial charge is 0.494 e. The van der Waals surface area contributed by atoms with E-state index in [2.05, 4.69) is 26.1 Å². The second-order valence-electron chi connectivity index (χ2n) is 9.86. The summed E-state index contributed by atoms with van der Waals surface area (Å²) in [6.07, 6.45) is 0.910. The van der Waals surface area contributed by atoms with Crippen molar-refractivity contribution in [3.05, 3.63) is 95.2 Å². The van der Waals surface area contributed by atoms with Crippen LogP contribution in [0.2, 0.25) is 0 Å². The zero-order valence-electron chi connectivity index (χ0n) is 21.0. The number of anilines is 2. The molecule has 0 unspecified atom stereocenters. The summed E-state index contributed by atoms with van der Waals surface area (Å²) >= 11 is 0. The molecule has 0 saturated carbocycles. The molecule has 0 radical (unpaired) electrons. The second-order valence-corrected chi connectivity index (χ2v) is 9.86. The number of imide groups is 1. The maximum Gasteiger partial charge on any atom is 0.282 e. The summed E-state index contributed by atoms with van der Waals surface area (Å²) in [4.78, 5) is 28.5. The number of carbonyl (C=O) groups is 2. The minimum absolute atomic E-state index is 0.0195. The molecule has 0 aromatic heterocycles. The summed E-state index contributed by atoms with van der Waals surface area (Å²) in [7, 11) is 0. The fourth-order valence-corrected chi connectivity index (χ4v) is 4.05. The Morgan fingerprint density at radius 3 is 2.17 bits per heavy atom. The van der Waals surface area contributed by atoms with Crippen LogP contribution in [0.3, 0.4) is 0 Å². The molecule has 0 fully saturated rings. The van der Waals surface area contributed by atoms with E-state index in [4.69, 9.17) is 4.74 Å². The van der Waals surface area contributed by atoms with Gasteiger partial charge in [-0.15, -0.1) is 0 Å². The van der Waals surface area contributed by atoms with Gasteiger partial charge in [-0.1, -0.05) is 64.1 Å². The van der Waals surface area contributed by atoms with Gasteiger partial charge in [0.25, 0.3) is 11.8 Å². The maximum atomic E-state index is 13.6. The number of nitrogens with zero attached hydrogens (tertiary/aromatic N) is 1. The van der Waals surface area contributed by atoms with Crippen molar-refractivity contribution >= 4 is 28.8 Å². The predicted molar refractivity (Wildman–Crippen MR) is 142 cm³/mol. The first-order valence-electron chi connectivity index (χ1n) is 12.0. The molecule has 1 N–H and O–H groups in total. The third kappa shape index (κ3) is 5.14. The molecular weight excluding hydrogens is 436 g/mol. The number of carbonyl (C=O) groups excluding carboxylic acids is 2. The number of hydrogen-bond acceptors (Lipinski definition) is 4. The lowest BCUT2D eigenvalue weighted by molar-refractivity contribution is -0.120. The van der Waals surface area contributed by atoms with E-state index in [0.29, 0.717) is 23.4 Å². The summed E-state index contributed by atoms with van der Waals surface area (Å²) in [5.41, 5.74) is 4.76. The molecule has 5 heteroatoms. The summed E-state index contributed by atoms with van der Waals surface area (Å²) in [6.45, 7) is 11.1. The second kappa shape index (κ2) is 9.79. The number of aryl methyl sites for hydroxylation is 1. The molecule has 0 bridgehead atoms. The Morgan fingerprint density at radius 2 is 1.57 bits per heavy atom. The van der Waals surface area contributed by atoms with Gasteiger partial charge in [0.1, 0.15) is 11.4 Å². The molecule has 1 aliphatic rings. The van der Waals surface area contributed by atoms with E-state index < -0.39 is 0 Å². The Hall–Kier alpha value is -3.86. The molecule has 2 amide bonds. The van der Waals surface area contributed by atoms with Crippen LogP contribution in [-0.4, -0.2) is 18.4 Å². The first kappa shape index (κ1) is 24.3. The minimum atomic E-state index is -0.373. The third-order valence-corrected chi connectivity index (χ3v) is 5.98. The van der Waals surface area contributed by atoms with Crippen molar-refractivity contribution < 1.29 is 14.3 Å². The van der Waals surface area contributed by atoms with Crippen LogP contribution >= 0.6 is 0 Å². The van der Waals surface area contributed by atoms with Crippen molar-refractivity contribution in [2.24, 2.45) is 0 Å². The van der Waals surface area contributed by atoms with Crippen LogP contribution in [0.5, 0.6) is 5.75 Å². The third-order valence-electron chi connectivity index (χ3n) is 5.98. The van der Waals surface area contributed by atoms with Gasteiger partial charge in [-0.3, -0.25) is 9.59 Å². The molecule has 4 rings (SSSR count). The van der Waals surface area contributed by atoms with Crippen LogP contribution in [0.1, 0.15) is 50.8 Å². The van der Waals surface area contributed by atoms with Gasteiger partial charge in [0.05, 0.1) is 17.9 Å². The molecule has 3 aromatic rings. The van der Waals surface area contributed by atoms with E-state index >= 15 is 0 Å². The lowest BCUT2D eigenvalue weighted by Gasteiger charge is -2.19. The van der Waals surface area contributed by atoms with Crippen molar-refractivity contribution in [2.75, 3.05) is 16.8 Å². The highest BCUT2D eigenvalue weighted by molar-refractivity contribution is 6.46. The first-order chi connectivity index (χ1) is 16.7. The van der Waals surface area contributed by atoms with E-state index in [1.54, 1.807) is 6.07 Å². The maximum absolute atomic E-state index is 13.6. The average molecular weight is 469 g/mol. The number of rotatable bonds is 7. The topological polar surface area (TPSA) is 58.6 Å². The molecule has 5 nitrogen and oxygen atoms in total. The highest BCUT2D eigenvalue weighted by atomic mass is 16.5. The number of ether oxygens (including phenoxy) is 1. The van der Waals surface area contributed by atoms with E-state index in [1.165, 1.54) is 10.5 Å². The van der Waals surface area contributed by atoms with Crippen LogP contribution in [0.4, 0.5) is 11.4 Å². The van der Waals surface area contributed by atoms with Gasteiger partial charge in [0, 0.05) is 5.69 Å². The van der Waals surface area contributed by atoms with Gasteiger partial charge in [0.2, 0.25) is 0 Å². The number of amides is 2. The minimum Gasteiger partial charge on any atom is -0.494 e. The van der Waals surface area contributed by atoms with E-state index in [1.807, 2.05) is 80.6 Å². The van der Waals surface area contributed by atoms with E-state index in [-0.39, 0.29) is 22.9 Å². The number of nitrogens with one attached hydrogen (secondary N) is 1. The molecule has 0 aliphatic carbocycles. The molecule has 0 spiro atoms. The van der Waals surface area contributed by atoms with Crippen LogP contribution in [-0.2, 0) is 15.0 Å². The SMILES string of the molecule is CCCOc1ccc(C2=C(Nc3ccc(C(C)(C)C)cc3)C(=O)N(c3cccc(C)c3)C2=O)cc1. The molecule has 3 aromatic carbocycles. The lowest BCUT2D eigenvalue weighted by Crippen LogP contribution is -2.32. The summed E-state index contributed by atoms with van der Waals surface area (Å²) in [5.74, 6) is 0.00855. The molecule has 1 aliphatic heterocycles. The highest BCUT2D eigenvalue weighted by Crippen LogP contribution is 2.35. The van der Waals surface area contributed by atoms with E-state index in [0.717, 1.165) is 23.4 Å². The summed E-state index contributed by atoms with van der Waals surface area (Å²) < 4.78 is 5.69. The van der Waals surface area contributed by atoms with E-state index in [9.17, 15) is 9.59 Å². The highest BCUT2D eigenvalue weighted by Gasteiger charge is 2.40. The fourth-order valence-electron chi connectivity index (χ4n) is 4.05. The Morgan fingerprint density at radius 1 is 0.886 bits per heavy atom. The standard InChI is InChI=1S/C30H32N2O3/c1-6-18-35-25-16-10-21(11-17-25)26-27(31-23-14-12-22(13-15-23)30(3,4)5)29(34)32(28(26)33)24-9-7-8-20(2)19-24/h7-17,19,31H,6,18H2,1-5H3. The summed E-state index contributed by atoms with van der Waals surface area (Å²) in [5, 5.41) is 3.25. The zero-order valence-corrected chi connectivity index (χ0v) is 21.0. The average Bonchev–Trinajstić information content (AvgIpc) is 3.07. The Balaban J connectivity index is 1.74. The zero-order chi connectivity index (χ0) is 25.2. The fraction of sp³-hybridized carbons (Fsp3) is 0.267. The van der Waals surface area contributed by atoms with Gasteiger partial charge in [-0.05, 0) is 71.8 Å². The monoisotopic (exact) mass is 468 g/mol. The molecular formula is C30H32N2O3. The molecule has 0 saturated heterocycles. The smallest absolute Gasteiger partial charge is 0.282 e. The van der Waals surface area contributed by atoms with Crippen molar-refractivity contribution in [3.63, 3.8) is 0 Å². The van der Waals surface area contributed by atoms with Crippen LogP contribution in [0, 0.1) is 6.92 Å². The van der Waals surface area contributed by atoms with Gasteiger partial charge >= 0.3 is 0 Å². The number of hydrogen-bond donors (Lipinski definition) is 1. The van der Waals surface area contributed by atoms with Crippen LogP contribution < -0.4 is 15.0 Å². The quantitative estimate of drug-likeness (QED) is 0.403. The van der Waals surface area contributed by atoms with Gasteiger partial charge < -0.3 is 10.1 Å². The molecule has 35 heavy (non-hydrogen) atoms. The number of benzene rings is 3. The van der Waals surface area contributed by atoms with Crippen molar-refractivity contribution in [1.82, 2.24) is 0 Å². The van der Waals surface area contributed by atoms with Gasteiger partial charge in [-0.2, -0.15) is 0 Å². The lowest BCUT2D eigenvalue weighted by atomic mass is 9.87. The molecule has 180 valence electrons. The Kier molecular flexibility index (Phi) is 6.79. The first-order valence-corrected chi connectivity index (χ1v) is 12.0. The van der Waals surface area contributed by atoms with Crippen molar-refractivity contribution in [1.29, 1.82) is 0 Å².